The van der Waals surface area contributed by atoms with Gasteiger partial charge in [0, 0.05) is 45.3 Å². The Morgan fingerprint density at radius 1 is 0.603 bits per heavy atom. The molecule has 2 nitrogen and oxygen atoms in total. The van der Waals surface area contributed by atoms with Gasteiger partial charge in [-0.1, -0.05) is 214 Å². The van der Waals surface area contributed by atoms with Crippen molar-refractivity contribution in [2.75, 3.05) is 4.90 Å². The van der Waals surface area contributed by atoms with Crippen molar-refractivity contribution < 1.29 is 0 Å². The monoisotopic (exact) mass is 945 g/mol. The van der Waals surface area contributed by atoms with E-state index in [1.54, 1.807) is 0 Å². The maximum Gasteiger partial charge on any atom is 0.0624 e. The first-order valence-corrected chi connectivity index (χ1v) is 26.0. The number of hydrogen-bond donors (Lipinski definition) is 0. The van der Waals surface area contributed by atoms with Crippen LogP contribution in [0.2, 0.25) is 0 Å². The molecule has 2 heteroatoms. The molecule has 11 rings (SSSR count). The molecule has 0 N–H and O–H groups in total. The molecule has 0 radical (unpaired) electrons. The number of nitrogens with zero attached hydrogens (tertiary/aromatic N) is 2. The number of hydrogen-bond acceptors (Lipinski definition) is 1. The molecule has 7 aromatic carbocycles. The maximum absolute atomic E-state index is 5.08. The number of aromatic nitrogens is 1. The zero-order chi connectivity index (χ0) is 50.1. The Labute approximate surface area is 433 Å². The van der Waals surface area contributed by atoms with Gasteiger partial charge in [0.25, 0.3) is 0 Å². The standard InChI is InChI=1S/C64H56N2.C7H8/c1-5-7-25-48(24-6-2)63-62(50-30-17-11-18-31-50)46(4)61(49-28-15-10-16-29-49)60-45(3)42-53(40-41-65(64(60)63)55-35-23-32-51(43-55)47-26-13-8-9-14-27-47)52-38-39-59-57(44-52)56-36-21-22-37-58(56)66(59)54-33-19-12-20-34-54;1-7-5-3-2-4-6-7/h7-13,15-37,40-44H,3,5-6,14,38-39H2,1-2,4H3;2-6H,1H3/b25-7-,41-40-,48-24+,53-42+;. The van der Waals surface area contributed by atoms with Gasteiger partial charge in [-0.2, -0.15) is 0 Å². The van der Waals surface area contributed by atoms with Gasteiger partial charge in [0.15, 0.2) is 0 Å². The molecule has 0 saturated heterocycles. The fourth-order valence-corrected chi connectivity index (χ4v) is 10.8. The molecule has 3 aliphatic rings. The van der Waals surface area contributed by atoms with Crippen LogP contribution in [0.25, 0.3) is 61.6 Å². The van der Waals surface area contributed by atoms with Gasteiger partial charge in [0.2, 0.25) is 0 Å². The summed E-state index contributed by atoms with van der Waals surface area (Å²) in [7, 11) is 0. The first kappa shape index (κ1) is 48.2. The van der Waals surface area contributed by atoms with E-state index >= 15 is 0 Å². The minimum absolute atomic E-state index is 0.896. The van der Waals surface area contributed by atoms with Crippen molar-refractivity contribution in [3.8, 4) is 27.9 Å². The smallest absolute Gasteiger partial charge is 0.0624 e. The lowest BCUT2D eigenvalue weighted by atomic mass is 9.78. The summed E-state index contributed by atoms with van der Waals surface area (Å²) >= 11 is 0. The Morgan fingerprint density at radius 3 is 1.96 bits per heavy atom. The van der Waals surface area contributed by atoms with E-state index in [1.165, 1.54) is 94.6 Å². The quantitative estimate of drug-likeness (QED) is 0.124. The number of fused-ring (bicyclic) bond motifs is 4. The molecule has 0 spiro atoms. The van der Waals surface area contributed by atoms with Crippen LogP contribution < -0.4 is 4.90 Å². The van der Waals surface area contributed by atoms with Crippen molar-refractivity contribution in [1.82, 2.24) is 4.57 Å². The van der Waals surface area contributed by atoms with E-state index in [1.807, 2.05) is 18.2 Å². The van der Waals surface area contributed by atoms with Gasteiger partial charge in [-0.05, 0) is 156 Å². The molecule has 0 fully saturated rings. The fourth-order valence-electron chi connectivity index (χ4n) is 10.8. The largest absolute Gasteiger partial charge is 0.316 e. The third kappa shape index (κ3) is 10.1. The average Bonchev–Trinajstić information content (AvgIpc) is 3.53. The molecular weight excluding hydrogens is 881 g/mol. The van der Waals surface area contributed by atoms with E-state index in [0.717, 1.165) is 54.6 Å². The van der Waals surface area contributed by atoms with Crippen molar-refractivity contribution in [2.24, 2.45) is 0 Å². The Morgan fingerprint density at radius 2 is 1.26 bits per heavy atom. The molecule has 1 aromatic heterocycles. The normalized spacial score (nSPS) is 15.5. The molecule has 1 aliphatic heterocycles. The summed E-state index contributed by atoms with van der Waals surface area (Å²) in [5.41, 5.74) is 24.1. The molecular formula is C71H64N2. The summed E-state index contributed by atoms with van der Waals surface area (Å²) in [4.78, 5) is 2.48. The van der Waals surface area contributed by atoms with Gasteiger partial charge in [-0.25, -0.2) is 0 Å². The molecule has 73 heavy (non-hydrogen) atoms. The molecule has 0 amide bonds. The van der Waals surface area contributed by atoms with E-state index in [-0.39, 0.29) is 0 Å². The van der Waals surface area contributed by atoms with Gasteiger partial charge < -0.3 is 9.47 Å². The zero-order valence-corrected chi connectivity index (χ0v) is 42.7. The lowest BCUT2D eigenvalue weighted by molar-refractivity contribution is 0.864. The Balaban J connectivity index is 0.000000807. The molecule has 8 aromatic rings. The molecule has 2 heterocycles. The number of rotatable bonds is 10. The van der Waals surface area contributed by atoms with Crippen molar-refractivity contribution in [2.45, 2.75) is 59.8 Å². The summed E-state index contributed by atoms with van der Waals surface area (Å²) in [6, 6.07) is 61.0. The van der Waals surface area contributed by atoms with Crippen molar-refractivity contribution >= 4 is 45.1 Å². The van der Waals surface area contributed by atoms with Crippen LogP contribution in [0, 0.1) is 13.8 Å². The molecule has 0 unspecified atom stereocenters. The minimum atomic E-state index is 0.896. The van der Waals surface area contributed by atoms with Crippen LogP contribution in [0.15, 0.2) is 255 Å². The highest BCUT2D eigenvalue weighted by molar-refractivity contribution is 6.07. The SMILES string of the molecule is C=C1/C=C(C2=Cc3c(n(-c4ccccc4)c4ccccc34)CC2)\C=C/N(c2cccc(C3=CCC=CC=C3)c2)c2c1c(-c1ccccc1)c(C)c(-c1ccccc1)c2C(/C=C\CC)=C/CC.Cc1ccccc1. The van der Waals surface area contributed by atoms with Gasteiger partial charge in [0.1, 0.15) is 0 Å². The Bertz CT molecular complexity index is 3550. The van der Waals surface area contributed by atoms with Gasteiger partial charge in [-0.15, -0.1) is 0 Å². The number of benzene rings is 7. The van der Waals surface area contributed by atoms with Crippen LogP contribution >= 0.6 is 0 Å². The summed E-state index contributed by atoms with van der Waals surface area (Å²) in [5.74, 6) is 0. The summed E-state index contributed by atoms with van der Waals surface area (Å²) in [5, 5.41) is 1.28. The number of aryl methyl sites for hydroxylation is 1. The van der Waals surface area contributed by atoms with Crippen LogP contribution in [0.1, 0.15) is 78.6 Å². The van der Waals surface area contributed by atoms with E-state index in [0.29, 0.717) is 0 Å². The minimum Gasteiger partial charge on any atom is -0.316 e. The molecule has 0 atom stereocenters. The zero-order valence-electron chi connectivity index (χ0n) is 42.7. The van der Waals surface area contributed by atoms with Gasteiger partial charge >= 0.3 is 0 Å². The summed E-state index contributed by atoms with van der Waals surface area (Å²) in [6.07, 6.45) is 32.2. The second-order valence-corrected chi connectivity index (χ2v) is 19.0. The van der Waals surface area contributed by atoms with Crippen LogP contribution in [0.3, 0.4) is 0 Å². The highest BCUT2D eigenvalue weighted by Crippen LogP contribution is 2.53. The summed E-state index contributed by atoms with van der Waals surface area (Å²) in [6.45, 7) is 13.9. The van der Waals surface area contributed by atoms with Gasteiger partial charge in [0.05, 0.1) is 11.2 Å². The van der Waals surface area contributed by atoms with Crippen LogP contribution in [0.4, 0.5) is 11.4 Å². The third-order valence-corrected chi connectivity index (χ3v) is 14.1. The highest BCUT2D eigenvalue weighted by atomic mass is 15.1. The van der Waals surface area contributed by atoms with Crippen LogP contribution in [0.5, 0.6) is 0 Å². The lowest BCUT2D eigenvalue weighted by Crippen LogP contribution is -2.17. The van der Waals surface area contributed by atoms with Crippen molar-refractivity contribution in [1.29, 1.82) is 0 Å². The average molecular weight is 945 g/mol. The number of allylic oxidation sites excluding steroid dienone is 15. The van der Waals surface area contributed by atoms with Gasteiger partial charge in [-0.3, -0.25) is 0 Å². The predicted octanol–water partition coefficient (Wildman–Crippen LogP) is 19.6. The molecule has 358 valence electrons. The van der Waals surface area contributed by atoms with E-state index in [2.05, 4.69) is 262 Å². The maximum atomic E-state index is 5.08. The first-order chi connectivity index (χ1) is 35.9. The Kier molecular flexibility index (Phi) is 14.7. The third-order valence-electron chi connectivity index (χ3n) is 14.1. The summed E-state index contributed by atoms with van der Waals surface area (Å²) < 4.78 is 2.47. The number of anilines is 2. The lowest BCUT2D eigenvalue weighted by Gasteiger charge is -2.34. The van der Waals surface area contributed by atoms with Crippen molar-refractivity contribution in [3.05, 3.63) is 294 Å². The molecule has 2 aliphatic carbocycles. The molecule has 0 bridgehead atoms. The Hall–Kier alpha value is -8.46. The molecule has 0 saturated carbocycles. The number of para-hydroxylation sites is 2. The van der Waals surface area contributed by atoms with Crippen molar-refractivity contribution in [3.63, 3.8) is 0 Å². The van der Waals surface area contributed by atoms with Crippen LogP contribution in [-0.2, 0) is 6.42 Å². The first-order valence-electron chi connectivity index (χ1n) is 26.0. The van der Waals surface area contributed by atoms with E-state index in [4.69, 9.17) is 6.58 Å². The van der Waals surface area contributed by atoms with E-state index in [9.17, 15) is 0 Å². The topological polar surface area (TPSA) is 8.17 Å². The highest BCUT2D eigenvalue weighted by Gasteiger charge is 2.31. The fraction of sp³-hybridized carbons (Fsp3) is 0.127. The second kappa shape index (κ2) is 22.3. The predicted molar refractivity (Wildman–Crippen MR) is 316 cm³/mol. The van der Waals surface area contributed by atoms with E-state index < -0.39 is 0 Å². The van der Waals surface area contributed by atoms with Crippen LogP contribution in [-0.4, -0.2) is 4.57 Å². The second-order valence-electron chi connectivity index (χ2n) is 19.0.